The van der Waals surface area contributed by atoms with Gasteiger partial charge in [0.25, 0.3) is 0 Å². The van der Waals surface area contributed by atoms with Gasteiger partial charge in [-0.05, 0) is 19.8 Å². The van der Waals surface area contributed by atoms with Crippen molar-refractivity contribution in [2.75, 3.05) is 0 Å². The lowest BCUT2D eigenvalue weighted by atomic mass is 10.0. The number of rotatable bonds is 7. The Morgan fingerprint density at radius 1 is 1.21 bits per heavy atom. The fourth-order valence-electron chi connectivity index (χ4n) is 1.51. The van der Waals surface area contributed by atoms with E-state index in [0.717, 1.165) is 19.3 Å². The van der Waals surface area contributed by atoms with Gasteiger partial charge in [0.05, 0.1) is 5.92 Å². The molecule has 2 atom stereocenters. The van der Waals surface area contributed by atoms with Crippen LogP contribution >= 0.6 is 0 Å². The summed E-state index contributed by atoms with van der Waals surface area (Å²) in [5, 5.41) is 12.1. The van der Waals surface area contributed by atoms with Crippen molar-refractivity contribution in [2.45, 2.75) is 59.0 Å². The van der Waals surface area contributed by atoms with Gasteiger partial charge in [-0.25, -0.2) is 0 Å². The van der Waals surface area contributed by atoms with Gasteiger partial charge in [0.2, 0.25) is 0 Å². The highest BCUT2D eigenvalue weighted by Crippen LogP contribution is 2.09. The quantitative estimate of drug-likeness (QED) is 0.664. The fraction of sp³-hybridized carbons (Fsp3) is 0.909. The molecule has 3 nitrogen and oxygen atoms in total. The van der Waals surface area contributed by atoms with E-state index in [1.54, 1.807) is 6.92 Å². The normalized spacial score (nSPS) is 15.5. The van der Waals surface area contributed by atoms with Crippen LogP contribution in [-0.2, 0) is 4.79 Å². The summed E-state index contributed by atoms with van der Waals surface area (Å²) < 4.78 is 0. The summed E-state index contributed by atoms with van der Waals surface area (Å²) in [5.41, 5.74) is 0. The molecule has 2 N–H and O–H groups in total. The van der Waals surface area contributed by atoms with Crippen LogP contribution in [-0.4, -0.2) is 23.2 Å². The Morgan fingerprint density at radius 2 is 1.79 bits per heavy atom. The van der Waals surface area contributed by atoms with Crippen LogP contribution in [0.15, 0.2) is 0 Å². The van der Waals surface area contributed by atoms with Crippen molar-refractivity contribution in [3.05, 3.63) is 0 Å². The first-order valence-electron chi connectivity index (χ1n) is 5.42. The molecule has 0 saturated heterocycles. The summed E-state index contributed by atoms with van der Waals surface area (Å²) in [4.78, 5) is 10.5. The van der Waals surface area contributed by atoms with Gasteiger partial charge in [-0.3, -0.25) is 4.79 Å². The second-order valence-electron chi connectivity index (χ2n) is 4.39. The van der Waals surface area contributed by atoms with Gasteiger partial charge in [-0.15, -0.1) is 0 Å². The number of carboxylic acids is 1. The van der Waals surface area contributed by atoms with E-state index in [-0.39, 0.29) is 5.92 Å². The second kappa shape index (κ2) is 6.82. The summed E-state index contributed by atoms with van der Waals surface area (Å²) in [6, 6.07) is 0.984. The topological polar surface area (TPSA) is 49.3 Å². The summed E-state index contributed by atoms with van der Waals surface area (Å²) in [6.07, 6.45) is 2.81. The van der Waals surface area contributed by atoms with Crippen molar-refractivity contribution < 1.29 is 9.90 Å². The van der Waals surface area contributed by atoms with E-state index in [0.29, 0.717) is 12.1 Å². The molecule has 0 aliphatic carbocycles. The standard InChI is InChI=1S/C11H23NO2/c1-8(2)12-10(4)7-5-6-9(3)11(13)14/h8-10,12H,5-7H2,1-4H3,(H,13,14). The maximum atomic E-state index is 10.5. The Hall–Kier alpha value is -0.570. The summed E-state index contributed by atoms with van der Waals surface area (Å²) in [7, 11) is 0. The molecule has 0 bridgehead atoms. The van der Waals surface area contributed by atoms with Gasteiger partial charge in [-0.1, -0.05) is 27.2 Å². The van der Waals surface area contributed by atoms with Crippen LogP contribution in [0.4, 0.5) is 0 Å². The average Bonchev–Trinajstić information content (AvgIpc) is 2.02. The smallest absolute Gasteiger partial charge is 0.306 e. The molecule has 0 amide bonds. The van der Waals surface area contributed by atoms with Crippen LogP contribution < -0.4 is 5.32 Å². The van der Waals surface area contributed by atoms with Crippen LogP contribution in [0.2, 0.25) is 0 Å². The number of hydrogen-bond acceptors (Lipinski definition) is 2. The number of carbonyl (C=O) groups is 1. The highest BCUT2D eigenvalue weighted by Gasteiger charge is 2.11. The summed E-state index contributed by atoms with van der Waals surface area (Å²) >= 11 is 0. The molecule has 0 aromatic heterocycles. The lowest BCUT2D eigenvalue weighted by molar-refractivity contribution is -0.141. The Morgan fingerprint density at radius 3 is 2.21 bits per heavy atom. The minimum atomic E-state index is -0.686. The molecule has 0 aliphatic heterocycles. The minimum Gasteiger partial charge on any atom is -0.481 e. The second-order valence-corrected chi connectivity index (χ2v) is 4.39. The van der Waals surface area contributed by atoms with E-state index in [1.165, 1.54) is 0 Å². The largest absolute Gasteiger partial charge is 0.481 e. The Bertz CT molecular complexity index is 169. The summed E-state index contributed by atoms with van der Waals surface area (Å²) in [5.74, 6) is -0.893. The van der Waals surface area contributed by atoms with Crippen molar-refractivity contribution in [1.29, 1.82) is 0 Å². The molecule has 0 spiro atoms. The third-order valence-electron chi connectivity index (χ3n) is 2.31. The molecule has 0 aromatic carbocycles. The molecule has 0 aliphatic rings. The van der Waals surface area contributed by atoms with Crippen molar-refractivity contribution >= 4 is 5.97 Å². The first-order valence-corrected chi connectivity index (χ1v) is 5.42. The predicted molar refractivity (Wildman–Crippen MR) is 58.4 cm³/mol. The van der Waals surface area contributed by atoms with Gasteiger partial charge in [0.1, 0.15) is 0 Å². The predicted octanol–water partition coefficient (Wildman–Crippen LogP) is 2.26. The van der Waals surface area contributed by atoms with E-state index < -0.39 is 5.97 Å². The van der Waals surface area contributed by atoms with Gasteiger partial charge in [0, 0.05) is 12.1 Å². The maximum Gasteiger partial charge on any atom is 0.306 e. The van der Waals surface area contributed by atoms with E-state index in [9.17, 15) is 4.79 Å². The highest BCUT2D eigenvalue weighted by molar-refractivity contribution is 5.69. The van der Waals surface area contributed by atoms with Crippen LogP contribution in [0.1, 0.15) is 47.0 Å². The van der Waals surface area contributed by atoms with Gasteiger partial charge < -0.3 is 10.4 Å². The van der Waals surface area contributed by atoms with E-state index in [2.05, 4.69) is 26.1 Å². The van der Waals surface area contributed by atoms with Crippen molar-refractivity contribution in [2.24, 2.45) is 5.92 Å². The Kier molecular flexibility index (Phi) is 6.54. The lowest BCUT2D eigenvalue weighted by Gasteiger charge is -2.17. The van der Waals surface area contributed by atoms with Crippen molar-refractivity contribution in [3.8, 4) is 0 Å². The first kappa shape index (κ1) is 13.4. The third kappa shape index (κ3) is 6.89. The molecule has 0 aromatic rings. The Labute approximate surface area is 86.9 Å². The highest BCUT2D eigenvalue weighted by atomic mass is 16.4. The molecular formula is C11H23NO2. The van der Waals surface area contributed by atoms with Gasteiger partial charge in [0.15, 0.2) is 0 Å². The van der Waals surface area contributed by atoms with Gasteiger partial charge >= 0.3 is 5.97 Å². The summed E-state index contributed by atoms with van der Waals surface area (Å²) in [6.45, 7) is 8.15. The van der Waals surface area contributed by atoms with Crippen LogP contribution in [0.3, 0.4) is 0 Å². The molecule has 2 unspecified atom stereocenters. The molecule has 84 valence electrons. The monoisotopic (exact) mass is 201 g/mol. The number of nitrogens with one attached hydrogen (secondary N) is 1. The number of carboxylic acid groups (broad SMARTS) is 1. The first-order chi connectivity index (χ1) is 6.43. The zero-order valence-corrected chi connectivity index (χ0v) is 9.71. The van der Waals surface area contributed by atoms with E-state index in [1.807, 2.05) is 0 Å². The molecule has 0 radical (unpaired) electrons. The van der Waals surface area contributed by atoms with E-state index >= 15 is 0 Å². The average molecular weight is 201 g/mol. The molecule has 0 heterocycles. The van der Waals surface area contributed by atoms with Crippen molar-refractivity contribution in [3.63, 3.8) is 0 Å². The zero-order valence-electron chi connectivity index (χ0n) is 9.71. The molecule has 14 heavy (non-hydrogen) atoms. The van der Waals surface area contributed by atoms with E-state index in [4.69, 9.17) is 5.11 Å². The maximum absolute atomic E-state index is 10.5. The molecule has 0 rings (SSSR count). The Balaban J connectivity index is 3.48. The molecule has 0 fully saturated rings. The molecular weight excluding hydrogens is 178 g/mol. The number of aliphatic carboxylic acids is 1. The molecule has 3 heteroatoms. The third-order valence-corrected chi connectivity index (χ3v) is 2.31. The van der Waals surface area contributed by atoms with Crippen molar-refractivity contribution in [1.82, 2.24) is 5.32 Å². The SMILES string of the molecule is CC(C)NC(C)CCCC(C)C(=O)O. The van der Waals surface area contributed by atoms with Crippen LogP contribution in [0.25, 0.3) is 0 Å². The molecule has 0 saturated carbocycles. The number of hydrogen-bond donors (Lipinski definition) is 2. The van der Waals surface area contributed by atoms with Crippen LogP contribution in [0, 0.1) is 5.92 Å². The van der Waals surface area contributed by atoms with Gasteiger partial charge in [-0.2, -0.15) is 0 Å². The van der Waals surface area contributed by atoms with Crippen LogP contribution in [0.5, 0.6) is 0 Å². The lowest BCUT2D eigenvalue weighted by Crippen LogP contribution is -2.32. The fourth-order valence-corrected chi connectivity index (χ4v) is 1.51. The minimum absolute atomic E-state index is 0.207. The zero-order chi connectivity index (χ0) is 11.1.